The number of thioether (sulfide) groups is 1. The zero-order valence-electron chi connectivity index (χ0n) is 20.1. The Labute approximate surface area is 204 Å². The number of carbonyl (C=O) groups is 1. The van der Waals surface area contributed by atoms with E-state index in [1.165, 1.54) is 11.8 Å². The summed E-state index contributed by atoms with van der Waals surface area (Å²) < 4.78 is 9.50. The number of rotatable bonds is 9. The van der Waals surface area contributed by atoms with Crippen molar-refractivity contribution in [2.75, 3.05) is 19.5 Å². The standard InChI is InChI=1S/C26H29N5O2S/c1-17-8-6-7-9-23(17)31-25(21-10-12-27-13-11-21)28-29-26(31)34-16-24(32)22-14-18(2)30(20(22)4)19(3)15-33-5/h6-14,19H,15-16H2,1-5H3. The van der Waals surface area contributed by atoms with Crippen LogP contribution in [0.5, 0.6) is 0 Å². The number of aryl methyl sites for hydroxylation is 2. The molecule has 176 valence electrons. The number of hydrogen-bond acceptors (Lipinski definition) is 6. The number of carbonyl (C=O) groups excluding carboxylic acids is 1. The van der Waals surface area contributed by atoms with Crippen molar-refractivity contribution in [3.8, 4) is 17.1 Å². The van der Waals surface area contributed by atoms with E-state index in [-0.39, 0.29) is 17.6 Å². The molecule has 0 amide bonds. The van der Waals surface area contributed by atoms with Crippen LogP contribution in [0.15, 0.2) is 60.0 Å². The van der Waals surface area contributed by atoms with Crippen molar-refractivity contribution >= 4 is 17.5 Å². The average molecular weight is 476 g/mol. The second kappa shape index (κ2) is 10.4. The van der Waals surface area contributed by atoms with Crippen molar-refractivity contribution in [1.82, 2.24) is 24.3 Å². The number of benzene rings is 1. The first-order valence-electron chi connectivity index (χ1n) is 11.2. The van der Waals surface area contributed by atoms with Gasteiger partial charge >= 0.3 is 0 Å². The predicted octanol–water partition coefficient (Wildman–Crippen LogP) is 5.24. The zero-order chi connectivity index (χ0) is 24.2. The minimum atomic E-state index is 0.0683. The van der Waals surface area contributed by atoms with Crippen molar-refractivity contribution in [2.24, 2.45) is 0 Å². The Kier molecular flexibility index (Phi) is 7.29. The Hall–Kier alpha value is -3.23. The Bertz CT molecular complexity index is 1300. The number of aromatic nitrogens is 5. The lowest BCUT2D eigenvalue weighted by molar-refractivity contribution is 0.102. The zero-order valence-corrected chi connectivity index (χ0v) is 21.0. The molecule has 0 bridgehead atoms. The summed E-state index contributed by atoms with van der Waals surface area (Å²) >= 11 is 1.40. The van der Waals surface area contributed by atoms with Gasteiger partial charge in [0.2, 0.25) is 0 Å². The molecule has 3 aromatic heterocycles. The van der Waals surface area contributed by atoms with E-state index < -0.39 is 0 Å². The average Bonchev–Trinajstić information content (AvgIpc) is 3.38. The summed E-state index contributed by atoms with van der Waals surface area (Å²) in [6, 6.07) is 14.1. The Morgan fingerprint density at radius 3 is 2.53 bits per heavy atom. The van der Waals surface area contributed by atoms with Crippen LogP contribution in [0.2, 0.25) is 0 Å². The van der Waals surface area contributed by atoms with Gasteiger partial charge in [-0.2, -0.15) is 0 Å². The maximum absolute atomic E-state index is 13.2. The van der Waals surface area contributed by atoms with E-state index in [0.29, 0.717) is 11.8 Å². The van der Waals surface area contributed by atoms with E-state index in [1.807, 2.05) is 54.8 Å². The van der Waals surface area contributed by atoms with Gasteiger partial charge in [0, 0.05) is 42.0 Å². The lowest BCUT2D eigenvalue weighted by Gasteiger charge is -2.17. The molecule has 0 aliphatic rings. The molecule has 0 saturated heterocycles. The maximum atomic E-state index is 13.2. The summed E-state index contributed by atoms with van der Waals surface area (Å²) in [5.41, 5.74) is 5.76. The topological polar surface area (TPSA) is 74.8 Å². The fourth-order valence-electron chi connectivity index (χ4n) is 4.34. The van der Waals surface area contributed by atoms with Gasteiger partial charge in [-0.1, -0.05) is 30.0 Å². The largest absolute Gasteiger partial charge is 0.383 e. The highest BCUT2D eigenvalue weighted by molar-refractivity contribution is 7.99. The highest BCUT2D eigenvalue weighted by atomic mass is 32.2. The summed E-state index contributed by atoms with van der Waals surface area (Å²) in [7, 11) is 1.69. The van der Waals surface area contributed by atoms with Crippen LogP contribution in [0.25, 0.3) is 17.1 Å². The molecule has 0 saturated carbocycles. The second-order valence-corrected chi connectivity index (χ2v) is 9.28. The molecule has 0 radical (unpaired) electrons. The molecule has 4 rings (SSSR count). The van der Waals surface area contributed by atoms with E-state index in [2.05, 4.69) is 39.7 Å². The third-order valence-electron chi connectivity index (χ3n) is 5.89. The minimum absolute atomic E-state index is 0.0683. The molecule has 0 aliphatic carbocycles. The van der Waals surface area contributed by atoms with Crippen molar-refractivity contribution < 1.29 is 9.53 Å². The van der Waals surface area contributed by atoms with Crippen LogP contribution >= 0.6 is 11.8 Å². The number of ketones is 1. The number of para-hydroxylation sites is 1. The van der Waals surface area contributed by atoms with Gasteiger partial charge in [-0.15, -0.1) is 10.2 Å². The molecule has 0 aliphatic heterocycles. The summed E-state index contributed by atoms with van der Waals surface area (Å²) in [6.45, 7) is 8.77. The third-order valence-corrected chi connectivity index (χ3v) is 6.82. The van der Waals surface area contributed by atoms with Gasteiger partial charge in [-0.3, -0.25) is 14.3 Å². The van der Waals surface area contributed by atoms with E-state index in [0.717, 1.165) is 39.6 Å². The van der Waals surface area contributed by atoms with E-state index >= 15 is 0 Å². The molecule has 1 aromatic carbocycles. The summed E-state index contributed by atoms with van der Waals surface area (Å²) in [4.78, 5) is 17.4. The third kappa shape index (κ3) is 4.69. The molecular formula is C26H29N5O2S. The molecule has 8 heteroatoms. The first-order chi connectivity index (χ1) is 16.4. The van der Waals surface area contributed by atoms with E-state index in [4.69, 9.17) is 4.74 Å². The maximum Gasteiger partial charge on any atom is 0.196 e. The van der Waals surface area contributed by atoms with Gasteiger partial charge in [0.25, 0.3) is 0 Å². The van der Waals surface area contributed by atoms with Crippen molar-refractivity contribution in [2.45, 2.75) is 38.9 Å². The molecule has 4 aromatic rings. The minimum Gasteiger partial charge on any atom is -0.383 e. The highest BCUT2D eigenvalue weighted by Crippen LogP contribution is 2.30. The Morgan fingerprint density at radius 1 is 1.09 bits per heavy atom. The van der Waals surface area contributed by atoms with Crippen LogP contribution in [0.3, 0.4) is 0 Å². The molecule has 1 unspecified atom stereocenters. The van der Waals surface area contributed by atoms with Crippen molar-refractivity contribution in [1.29, 1.82) is 0 Å². The molecule has 1 atom stereocenters. The number of hydrogen-bond donors (Lipinski definition) is 0. The molecule has 34 heavy (non-hydrogen) atoms. The molecule has 3 heterocycles. The van der Waals surface area contributed by atoms with Crippen LogP contribution in [-0.2, 0) is 4.74 Å². The quantitative estimate of drug-likeness (QED) is 0.243. The first kappa shape index (κ1) is 23.9. The lowest BCUT2D eigenvalue weighted by atomic mass is 10.2. The summed E-state index contributed by atoms with van der Waals surface area (Å²) in [6.07, 6.45) is 3.48. The Morgan fingerprint density at radius 2 is 1.82 bits per heavy atom. The van der Waals surface area contributed by atoms with Gasteiger partial charge in [0.15, 0.2) is 16.8 Å². The monoisotopic (exact) mass is 475 g/mol. The van der Waals surface area contributed by atoms with Crippen LogP contribution in [0, 0.1) is 20.8 Å². The van der Waals surface area contributed by atoms with E-state index in [1.54, 1.807) is 19.5 Å². The summed E-state index contributed by atoms with van der Waals surface area (Å²) in [5.74, 6) is 1.06. The fraction of sp³-hybridized carbons (Fsp3) is 0.308. The van der Waals surface area contributed by atoms with Crippen molar-refractivity contribution in [3.05, 3.63) is 77.4 Å². The number of ether oxygens (including phenoxy) is 1. The predicted molar refractivity (Wildman–Crippen MR) is 135 cm³/mol. The van der Waals surface area contributed by atoms with Crippen LogP contribution < -0.4 is 0 Å². The highest BCUT2D eigenvalue weighted by Gasteiger charge is 2.22. The first-order valence-corrected chi connectivity index (χ1v) is 12.2. The number of pyridine rings is 1. The number of nitrogens with zero attached hydrogens (tertiary/aromatic N) is 5. The molecule has 0 fully saturated rings. The Balaban J connectivity index is 1.65. The van der Waals surface area contributed by atoms with Gasteiger partial charge in [0.1, 0.15) is 0 Å². The smallest absolute Gasteiger partial charge is 0.196 e. The number of Topliss-reactive ketones (excluding diaryl/α,β-unsaturated/α-hetero) is 1. The van der Waals surface area contributed by atoms with E-state index in [9.17, 15) is 4.79 Å². The molecule has 7 nitrogen and oxygen atoms in total. The lowest BCUT2D eigenvalue weighted by Crippen LogP contribution is -2.15. The normalized spacial score (nSPS) is 12.1. The van der Waals surface area contributed by atoms with Crippen LogP contribution in [-0.4, -0.2) is 49.6 Å². The number of methoxy groups -OCH3 is 1. The van der Waals surface area contributed by atoms with Gasteiger partial charge < -0.3 is 9.30 Å². The van der Waals surface area contributed by atoms with Crippen LogP contribution in [0.1, 0.15) is 40.3 Å². The van der Waals surface area contributed by atoms with Crippen LogP contribution in [0.4, 0.5) is 0 Å². The van der Waals surface area contributed by atoms with Gasteiger partial charge in [0.05, 0.1) is 24.1 Å². The van der Waals surface area contributed by atoms with Gasteiger partial charge in [-0.05, 0) is 57.5 Å². The molecular weight excluding hydrogens is 446 g/mol. The molecule has 0 N–H and O–H groups in total. The van der Waals surface area contributed by atoms with Gasteiger partial charge in [-0.25, -0.2) is 0 Å². The SMILES string of the molecule is COCC(C)n1c(C)cc(C(=O)CSc2nnc(-c3ccncc3)n2-c2ccccc2C)c1C. The fourth-order valence-corrected chi connectivity index (χ4v) is 5.17. The second-order valence-electron chi connectivity index (χ2n) is 8.33. The van der Waals surface area contributed by atoms with Crippen molar-refractivity contribution in [3.63, 3.8) is 0 Å². The molecule has 0 spiro atoms. The summed E-state index contributed by atoms with van der Waals surface area (Å²) in [5, 5.41) is 9.60.